The van der Waals surface area contributed by atoms with Crippen molar-refractivity contribution in [3.8, 4) is 0 Å². The van der Waals surface area contributed by atoms with E-state index in [1.54, 1.807) is 0 Å². The highest BCUT2D eigenvalue weighted by Crippen LogP contribution is 2.17. The van der Waals surface area contributed by atoms with Gasteiger partial charge in [-0.1, -0.05) is 45.7 Å². The number of piperazine rings is 1. The second-order valence-corrected chi connectivity index (χ2v) is 5.41. The molecule has 1 heterocycles. The molecule has 0 unspecified atom stereocenters. The van der Waals surface area contributed by atoms with Crippen LogP contribution in [0.3, 0.4) is 0 Å². The van der Waals surface area contributed by atoms with Crippen LogP contribution in [-0.2, 0) is 6.42 Å². The predicted octanol–water partition coefficient (Wildman–Crippen LogP) is 3.81. The van der Waals surface area contributed by atoms with Crippen LogP contribution in [0.15, 0.2) is 24.3 Å². The molecular formula is C17H30N2. The SMILES string of the molecule is CCC.CCCc1ccc(N2CCN(C)CC2)cc1. The van der Waals surface area contributed by atoms with Crippen molar-refractivity contribution in [1.82, 2.24) is 4.90 Å². The quantitative estimate of drug-likeness (QED) is 0.817. The highest BCUT2D eigenvalue weighted by atomic mass is 15.2. The summed E-state index contributed by atoms with van der Waals surface area (Å²) in [7, 11) is 2.20. The van der Waals surface area contributed by atoms with Gasteiger partial charge in [-0.05, 0) is 31.2 Å². The van der Waals surface area contributed by atoms with E-state index in [4.69, 9.17) is 0 Å². The summed E-state index contributed by atoms with van der Waals surface area (Å²) >= 11 is 0. The fourth-order valence-electron chi connectivity index (χ4n) is 2.23. The number of anilines is 1. The molecule has 0 amide bonds. The van der Waals surface area contributed by atoms with Crippen LogP contribution in [0.5, 0.6) is 0 Å². The molecule has 1 aliphatic heterocycles. The molecular weight excluding hydrogens is 232 g/mol. The van der Waals surface area contributed by atoms with Crippen molar-refractivity contribution in [2.75, 3.05) is 38.1 Å². The fraction of sp³-hybridized carbons (Fsp3) is 0.647. The molecule has 1 aliphatic rings. The summed E-state index contributed by atoms with van der Waals surface area (Å²) in [5.74, 6) is 0. The van der Waals surface area contributed by atoms with Crippen LogP contribution in [0.1, 0.15) is 39.2 Å². The van der Waals surface area contributed by atoms with Crippen LogP contribution in [-0.4, -0.2) is 38.1 Å². The molecule has 0 bridgehead atoms. The average molecular weight is 262 g/mol. The van der Waals surface area contributed by atoms with Crippen molar-refractivity contribution >= 4 is 5.69 Å². The van der Waals surface area contributed by atoms with Crippen LogP contribution >= 0.6 is 0 Å². The Labute approximate surface area is 119 Å². The van der Waals surface area contributed by atoms with Crippen molar-refractivity contribution in [2.24, 2.45) is 0 Å². The monoisotopic (exact) mass is 262 g/mol. The zero-order valence-corrected chi connectivity index (χ0v) is 13.2. The summed E-state index contributed by atoms with van der Waals surface area (Å²) in [4.78, 5) is 4.87. The molecule has 0 saturated carbocycles. The lowest BCUT2D eigenvalue weighted by atomic mass is 10.1. The summed E-state index contributed by atoms with van der Waals surface area (Å²) in [5.41, 5.74) is 2.84. The first-order chi connectivity index (χ1) is 9.21. The lowest BCUT2D eigenvalue weighted by molar-refractivity contribution is 0.313. The minimum Gasteiger partial charge on any atom is -0.369 e. The predicted molar refractivity (Wildman–Crippen MR) is 86.1 cm³/mol. The average Bonchev–Trinajstić information content (AvgIpc) is 2.42. The Morgan fingerprint density at radius 1 is 0.895 bits per heavy atom. The van der Waals surface area contributed by atoms with Gasteiger partial charge in [0.05, 0.1) is 0 Å². The summed E-state index contributed by atoms with van der Waals surface area (Å²) in [6, 6.07) is 9.10. The number of hydrogen-bond donors (Lipinski definition) is 0. The van der Waals surface area contributed by atoms with Gasteiger partial charge < -0.3 is 9.80 Å². The number of hydrogen-bond acceptors (Lipinski definition) is 2. The highest BCUT2D eigenvalue weighted by molar-refractivity contribution is 5.48. The third-order valence-electron chi connectivity index (χ3n) is 3.34. The molecule has 1 saturated heterocycles. The van der Waals surface area contributed by atoms with Gasteiger partial charge in [-0.2, -0.15) is 0 Å². The number of likely N-dealkylation sites (N-methyl/N-ethyl adjacent to an activating group) is 1. The van der Waals surface area contributed by atoms with E-state index < -0.39 is 0 Å². The molecule has 0 aromatic heterocycles. The first-order valence-electron chi connectivity index (χ1n) is 7.73. The second-order valence-electron chi connectivity index (χ2n) is 5.41. The van der Waals surface area contributed by atoms with E-state index in [1.807, 2.05) is 0 Å². The zero-order valence-electron chi connectivity index (χ0n) is 13.2. The molecule has 2 heteroatoms. The minimum atomic E-state index is 1.16. The molecule has 0 atom stereocenters. The van der Waals surface area contributed by atoms with Crippen LogP contribution in [0.2, 0.25) is 0 Å². The van der Waals surface area contributed by atoms with Crippen molar-refractivity contribution < 1.29 is 0 Å². The first-order valence-corrected chi connectivity index (χ1v) is 7.73. The Balaban J connectivity index is 0.000000550. The Hall–Kier alpha value is -1.02. The molecule has 0 N–H and O–H groups in total. The van der Waals surface area contributed by atoms with E-state index in [0.29, 0.717) is 0 Å². The van der Waals surface area contributed by atoms with Crippen molar-refractivity contribution in [3.05, 3.63) is 29.8 Å². The van der Waals surface area contributed by atoms with Gasteiger partial charge in [-0.15, -0.1) is 0 Å². The molecule has 1 aromatic rings. The lowest BCUT2D eigenvalue weighted by Crippen LogP contribution is -2.44. The topological polar surface area (TPSA) is 6.48 Å². The van der Waals surface area contributed by atoms with E-state index in [2.05, 4.69) is 61.9 Å². The molecule has 2 nitrogen and oxygen atoms in total. The molecule has 0 radical (unpaired) electrons. The number of rotatable bonds is 3. The minimum absolute atomic E-state index is 1.16. The van der Waals surface area contributed by atoms with E-state index in [1.165, 1.54) is 43.6 Å². The van der Waals surface area contributed by atoms with Gasteiger partial charge in [0.15, 0.2) is 0 Å². The van der Waals surface area contributed by atoms with Crippen LogP contribution in [0, 0.1) is 0 Å². The van der Waals surface area contributed by atoms with Gasteiger partial charge in [0.1, 0.15) is 0 Å². The Bertz CT molecular complexity index is 324. The highest BCUT2D eigenvalue weighted by Gasteiger charge is 2.13. The lowest BCUT2D eigenvalue weighted by Gasteiger charge is -2.34. The van der Waals surface area contributed by atoms with Gasteiger partial charge >= 0.3 is 0 Å². The molecule has 108 valence electrons. The van der Waals surface area contributed by atoms with E-state index >= 15 is 0 Å². The largest absolute Gasteiger partial charge is 0.369 e. The fourth-order valence-corrected chi connectivity index (χ4v) is 2.23. The third-order valence-corrected chi connectivity index (χ3v) is 3.34. The van der Waals surface area contributed by atoms with Gasteiger partial charge in [0, 0.05) is 31.9 Å². The van der Waals surface area contributed by atoms with Gasteiger partial charge in [-0.3, -0.25) is 0 Å². The molecule has 0 spiro atoms. The van der Waals surface area contributed by atoms with Gasteiger partial charge in [-0.25, -0.2) is 0 Å². The smallest absolute Gasteiger partial charge is 0.0367 e. The van der Waals surface area contributed by atoms with Crippen LogP contribution in [0.25, 0.3) is 0 Å². The molecule has 1 aromatic carbocycles. The maximum atomic E-state index is 2.48. The molecule has 1 fully saturated rings. The van der Waals surface area contributed by atoms with Crippen LogP contribution < -0.4 is 4.90 Å². The number of benzene rings is 1. The number of aryl methyl sites for hydroxylation is 1. The molecule has 19 heavy (non-hydrogen) atoms. The standard InChI is InChI=1S/C14H22N2.C3H8/c1-3-4-13-5-7-14(8-6-13)16-11-9-15(2)10-12-16;1-3-2/h5-8H,3-4,9-12H2,1-2H3;3H2,1-2H3. The molecule has 0 aliphatic carbocycles. The summed E-state index contributed by atoms with van der Waals surface area (Å²) in [6.07, 6.45) is 3.68. The Morgan fingerprint density at radius 3 is 1.89 bits per heavy atom. The van der Waals surface area contributed by atoms with E-state index in [9.17, 15) is 0 Å². The van der Waals surface area contributed by atoms with Crippen LogP contribution in [0.4, 0.5) is 5.69 Å². The van der Waals surface area contributed by atoms with Crippen molar-refractivity contribution in [2.45, 2.75) is 40.0 Å². The number of nitrogens with zero attached hydrogens (tertiary/aromatic N) is 2. The summed E-state index contributed by atoms with van der Waals surface area (Å²) < 4.78 is 0. The molecule has 2 rings (SSSR count). The Kier molecular flexibility index (Phi) is 7.57. The van der Waals surface area contributed by atoms with E-state index in [0.717, 1.165) is 13.1 Å². The first kappa shape index (κ1) is 16.0. The summed E-state index contributed by atoms with van der Waals surface area (Å²) in [6.45, 7) is 11.1. The van der Waals surface area contributed by atoms with Gasteiger partial charge in [0.2, 0.25) is 0 Å². The maximum Gasteiger partial charge on any atom is 0.0367 e. The van der Waals surface area contributed by atoms with Crippen molar-refractivity contribution in [1.29, 1.82) is 0 Å². The van der Waals surface area contributed by atoms with E-state index in [-0.39, 0.29) is 0 Å². The van der Waals surface area contributed by atoms with Gasteiger partial charge in [0.25, 0.3) is 0 Å². The van der Waals surface area contributed by atoms with Crippen molar-refractivity contribution in [3.63, 3.8) is 0 Å². The maximum absolute atomic E-state index is 2.48. The summed E-state index contributed by atoms with van der Waals surface area (Å²) in [5, 5.41) is 0. The zero-order chi connectivity index (χ0) is 14.1. The normalized spacial score (nSPS) is 15.9. The Morgan fingerprint density at radius 2 is 1.42 bits per heavy atom. The second kappa shape index (κ2) is 8.98. The third kappa shape index (κ3) is 5.65.